The number of hydrogen-bond acceptors (Lipinski definition) is 5. The van der Waals surface area contributed by atoms with Crippen molar-refractivity contribution >= 4 is 46.0 Å². The molecule has 2 aromatic carbocycles. The topological polar surface area (TPSA) is 81.3 Å². The van der Waals surface area contributed by atoms with Crippen LogP contribution in [0.5, 0.6) is 0 Å². The molecule has 1 saturated carbocycles. The van der Waals surface area contributed by atoms with Crippen LogP contribution in [0.1, 0.15) is 61.4 Å². The molecule has 0 saturated heterocycles. The fraction of sp³-hybridized carbons (Fsp3) is 0.385. The maximum absolute atomic E-state index is 13.3. The van der Waals surface area contributed by atoms with Crippen LogP contribution >= 0.6 is 23.4 Å². The SMILES string of the molecule is CCCn1c(=O)c2ccc(C(=O)NC3CCCCC3)cc2n2c(SCc3cccc(Cl)c3)nnc12. The van der Waals surface area contributed by atoms with Crippen LogP contribution in [-0.2, 0) is 12.3 Å². The summed E-state index contributed by atoms with van der Waals surface area (Å²) in [5.74, 6) is 1.03. The maximum atomic E-state index is 13.3. The minimum atomic E-state index is -0.118. The first-order valence-corrected chi connectivity index (χ1v) is 13.5. The van der Waals surface area contributed by atoms with Crippen LogP contribution in [0.15, 0.2) is 52.4 Å². The molecule has 5 rings (SSSR count). The number of halogens is 1. The van der Waals surface area contributed by atoms with Crippen LogP contribution in [0, 0.1) is 0 Å². The smallest absolute Gasteiger partial charge is 0.262 e. The van der Waals surface area contributed by atoms with Crippen LogP contribution in [0.25, 0.3) is 16.7 Å². The Morgan fingerprint density at radius 2 is 1.97 bits per heavy atom. The summed E-state index contributed by atoms with van der Waals surface area (Å²) < 4.78 is 3.57. The third-order valence-corrected chi connectivity index (χ3v) is 7.71. The van der Waals surface area contributed by atoms with Gasteiger partial charge in [0.1, 0.15) is 0 Å². The lowest BCUT2D eigenvalue weighted by molar-refractivity contribution is 0.0928. The van der Waals surface area contributed by atoms with Crippen LogP contribution in [0.4, 0.5) is 0 Å². The summed E-state index contributed by atoms with van der Waals surface area (Å²) in [4.78, 5) is 26.4. The Labute approximate surface area is 212 Å². The molecule has 1 fully saturated rings. The average Bonchev–Trinajstić information content (AvgIpc) is 3.29. The summed E-state index contributed by atoms with van der Waals surface area (Å²) in [6.07, 6.45) is 6.35. The van der Waals surface area contributed by atoms with Crippen molar-refractivity contribution in [2.75, 3.05) is 0 Å². The van der Waals surface area contributed by atoms with Gasteiger partial charge in [-0.1, -0.05) is 61.7 Å². The number of carbonyl (C=O) groups excluding carboxylic acids is 1. The zero-order valence-electron chi connectivity index (χ0n) is 19.7. The number of benzene rings is 2. The molecule has 0 bridgehead atoms. The van der Waals surface area contributed by atoms with E-state index in [-0.39, 0.29) is 17.5 Å². The van der Waals surface area contributed by atoms with Crippen molar-refractivity contribution in [1.82, 2.24) is 24.5 Å². The number of hydrogen-bond donors (Lipinski definition) is 1. The lowest BCUT2D eigenvalue weighted by Gasteiger charge is -2.22. The van der Waals surface area contributed by atoms with Gasteiger partial charge in [0.05, 0.1) is 10.9 Å². The summed E-state index contributed by atoms with van der Waals surface area (Å²) in [6, 6.07) is 13.2. The molecule has 35 heavy (non-hydrogen) atoms. The molecule has 0 radical (unpaired) electrons. The molecule has 0 unspecified atom stereocenters. The largest absolute Gasteiger partial charge is 0.349 e. The highest BCUT2D eigenvalue weighted by Crippen LogP contribution is 2.26. The molecule has 0 aliphatic heterocycles. The molecule has 2 aromatic heterocycles. The molecule has 182 valence electrons. The van der Waals surface area contributed by atoms with Gasteiger partial charge in [0.2, 0.25) is 5.78 Å². The molecule has 7 nitrogen and oxygen atoms in total. The van der Waals surface area contributed by atoms with Gasteiger partial charge in [-0.2, -0.15) is 0 Å². The van der Waals surface area contributed by atoms with E-state index < -0.39 is 0 Å². The highest BCUT2D eigenvalue weighted by molar-refractivity contribution is 7.98. The van der Waals surface area contributed by atoms with Crippen molar-refractivity contribution in [3.05, 3.63) is 69.0 Å². The lowest BCUT2D eigenvalue weighted by atomic mass is 9.95. The molecule has 4 aromatic rings. The van der Waals surface area contributed by atoms with E-state index in [2.05, 4.69) is 15.5 Å². The molecule has 1 N–H and O–H groups in total. The van der Waals surface area contributed by atoms with E-state index in [1.165, 1.54) is 18.2 Å². The fourth-order valence-corrected chi connectivity index (χ4v) is 5.83. The molecule has 0 spiro atoms. The van der Waals surface area contributed by atoms with Gasteiger partial charge in [-0.05, 0) is 55.2 Å². The van der Waals surface area contributed by atoms with Gasteiger partial charge >= 0.3 is 0 Å². The molecule has 1 aliphatic rings. The van der Waals surface area contributed by atoms with E-state index in [0.717, 1.165) is 37.7 Å². The maximum Gasteiger partial charge on any atom is 0.262 e. The molecule has 9 heteroatoms. The van der Waals surface area contributed by atoms with Crippen molar-refractivity contribution in [1.29, 1.82) is 0 Å². The minimum Gasteiger partial charge on any atom is -0.349 e. The first-order valence-electron chi connectivity index (χ1n) is 12.1. The standard InChI is InChI=1S/C26H28ClN5O2S/c1-2-13-31-24(34)21-12-11-18(23(33)28-20-9-4-3-5-10-20)15-22(21)32-25(31)29-30-26(32)35-16-17-7-6-8-19(27)14-17/h6-8,11-12,14-15,20H,2-5,9-10,13,16H2,1H3,(H,28,33). The Morgan fingerprint density at radius 1 is 1.14 bits per heavy atom. The quantitative estimate of drug-likeness (QED) is 0.334. The minimum absolute atomic E-state index is 0.106. The third kappa shape index (κ3) is 4.95. The second-order valence-electron chi connectivity index (χ2n) is 9.03. The summed E-state index contributed by atoms with van der Waals surface area (Å²) in [6.45, 7) is 2.57. The first-order chi connectivity index (χ1) is 17.0. The molecular formula is C26H28ClN5O2S. The van der Waals surface area contributed by atoms with Crippen molar-refractivity contribution in [3.63, 3.8) is 0 Å². The summed E-state index contributed by atoms with van der Waals surface area (Å²) in [7, 11) is 0. The number of nitrogens with zero attached hydrogens (tertiary/aromatic N) is 4. The highest BCUT2D eigenvalue weighted by Gasteiger charge is 2.20. The number of aromatic nitrogens is 4. The van der Waals surface area contributed by atoms with Crippen molar-refractivity contribution in [2.24, 2.45) is 0 Å². The van der Waals surface area contributed by atoms with Crippen LogP contribution in [0.3, 0.4) is 0 Å². The Morgan fingerprint density at radius 3 is 2.74 bits per heavy atom. The third-order valence-electron chi connectivity index (χ3n) is 6.48. The predicted molar refractivity (Wildman–Crippen MR) is 140 cm³/mol. The van der Waals surface area contributed by atoms with Gasteiger partial charge in [-0.15, -0.1) is 10.2 Å². The van der Waals surface area contributed by atoms with Crippen molar-refractivity contribution in [2.45, 2.75) is 68.9 Å². The van der Waals surface area contributed by atoms with Crippen molar-refractivity contribution < 1.29 is 4.79 Å². The molecule has 1 amide bonds. The summed E-state index contributed by atoms with van der Waals surface area (Å²) in [5, 5.41) is 13.9. The van der Waals surface area contributed by atoms with Crippen LogP contribution in [-0.4, -0.2) is 31.1 Å². The van der Waals surface area contributed by atoms with E-state index in [1.54, 1.807) is 22.8 Å². The van der Waals surface area contributed by atoms with Gasteiger partial charge in [0, 0.05) is 28.9 Å². The molecule has 2 heterocycles. The van der Waals surface area contributed by atoms with E-state index in [0.29, 0.717) is 44.7 Å². The monoisotopic (exact) mass is 509 g/mol. The Bertz CT molecular complexity index is 1440. The summed E-state index contributed by atoms with van der Waals surface area (Å²) in [5.41, 5.74) is 2.13. The zero-order valence-corrected chi connectivity index (χ0v) is 21.2. The van der Waals surface area contributed by atoms with Gasteiger partial charge in [0.25, 0.3) is 11.5 Å². The Hall–Kier alpha value is -2.84. The van der Waals surface area contributed by atoms with Gasteiger partial charge in [-0.3, -0.25) is 18.6 Å². The van der Waals surface area contributed by atoms with E-state index in [4.69, 9.17) is 11.6 Å². The van der Waals surface area contributed by atoms with E-state index in [9.17, 15) is 9.59 Å². The number of aryl methyl sites for hydroxylation is 1. The van der Waals surface area contributed by atoms with Crippen molar-refractivity contribution in [3.8, 4) is 0 Å². The average molecular weight is 510 g/mol. The molecular weight excluding hydrogens is 482 g/mol. The Balaban J connectivity index is 1.57. The molecule has 1 aliphatic carbocycles. The zero-order chi connectivity index (χ0) is 24.4. The number of amides is 1. The number of thioether (sulfide) groups is 1. The predicted octanol–water partition coefficient (Wildman–Crippen LogP) is 5.46. The summed E-state index contributed by atoms with van der Waals surface area (Å²) >= 11 is 7.67. The number of nitrogens with one attached hydrogen (secondary N) is 1. The normalized spacial score (nSPS) is 14.6. The van der Waals surface area contributed by atoms with E-state index in [1.807, 2.05) is 35.6 Å². The second-order valence-corrected chi connectivity index (χ2v) is 10.4. The molecule has 0 atom stereocenters. The number of fused-ring (bicyclic) bond motifs is 3. The van der Waals surface area contributed by atoms with Crippen LogP contribution < -0.4 is 10.9 Å². The second kappa shape index (κ2) is 10.4. The lowest BCUT2D eigenvalue weighted by Crippen LogP contribution is -2.36. The van der Waals surface area contributed by atoms with Gasteiger partial charge in [0.15, 0.2) is 5.16 Å². The first kappa shape index (κ1) is 23.9. The van der Waals surface area contributed by atoms with Gasteiger partial charge < -0.3 is 5.32 Å². The number of carbonyl (C=O) groups is 1. The fourth-order valence-electron chi connectivity index (χ4n) is 4.73. The van der Waals surface area contributed by atoms with Gasteiger partial charge in [-0.25, -0.2) is 0 Å². The van der Waals surface area contributed by atoms with Crippen LogP contribution in [0.2, 0.25) is 5.02 Å². The van der Waals surface area contributed by atoms with E-state index >= 15 is 0 Å². The number of rotatable bonds is 7. The highest BCUT2D eigenvalue weighted by atomic mass is 35.5. The Kier molecular flexibility index (Phi) is 7.11.